The molecule has 1 unspecified atom stereocenters. The van der Waals surface area contributed by atoms with Crippen molar-refractivity contribution in [2.45, 2.75) is 45.1 Å². The van der Waals surface area contributed by atoms with Crippen LogP contribution in [0.1, 0.15) is 50.2 Å². The summed E-state index contributed by atoms with van der Waals surface area (Å²) in [5.41, 5.74) is 5.68. The van der Waals surface area contributed by atoms with Crippen LogP contribution < -0.4 is 4.74 Å². The topological polar surface area (TPSA) is 21.8 Å². The van der Waals surface area contributed by atoms with E-state index in [2.05, 4.69) is 61.5 Å². The third-order valence-electron chi connectivity index (χ3n) is 5.59. The lowest BCUT2D eigenvalue weighted by molar-refractivity contribution is 0.263. The highest BCUT2D eigenvalue weighted by Crippen LogP contribution is 2.39. The van der Waals surface area contributed by atoms with Crippen LogP contribution in [-0.2, 0) is 4.74 Å². The van der Waals surface area contributed by atoms with Gasteiger partial charge in [0, 0.05) is 0 Å². The van der Waals surface area contributed by atoms with Crippen LogP contribution in [0, 0.1) is 5.92 Å². The first-order chi connectivity index (χ1) is 12.8. The van der Waals surface area contributed by atoms with Crippen LogP contribution in [0.15, 0.2) is 60.2 Å². The van der Waals surface area contributed by atoms with Gasteiger partial charge in [0.05, 0.1) is 6.61 Å². The van der Waals surface area contributed by atoms with Gasteiger partial charge in [-0.15, -0.1) is 0 Å². The van der Waals surface area contributed by atoms with Crippen LogP contribution in [0.25, 0.3) is 5.57 Å². The molecule has 0 N–H and O–H groups in total. The smallest absolute Gasteiger partial charge is 0.119 e. The fourth-order valence-electron chi connectivity index (χ4n) is 4.16. The Morgan fingerprint density at radius 3 is 2.23 bits per heavy atom. The first-order valence-electron chi connectivity index (χ1n) is 9.98. The van der Waals surface area contributed by atoms with Crippen molar-refractivity contribution in [2.24, 2.45) is 5.92 Å². The van der Waals surface area contributed by atoms with Gasteiger partial charge in [0.15, 0.2) is 0 Å². The minimum atomic E-state index is 0.295. The number of epoxide rings is 1. The summed E-state index contributed by atoms with van der Waals surface area (Å²) in [6.07, 6.45) is 6.82. The first-order valence-corrected chi connectivity index (χ1v) is 9.98. The summed E-state index contributed by atoms with van der Waals surface area (Å²) >= 11 is 0. The maximum absolute atomic E-state index is 5.82. The Hall–Kier alpha value is -2.06. The van der Waals surface area contributed by atoms with Gasteiger partial charge < -0.3 is 9.47 Å². The van der Waals surface area contributed by atoms with Crippen molar-refractivity contribution in [3.63, 3.8) is 0 Å². The molecule has 2 aliphatic rings. The molecule has 136 valence electrons. The second kappa shape index (κ2) is 8.09. The molecule has 0 spiro atoms. The molecule has 1 aliphatic carbocycles. The first kappa shape index (κ1) is 17.4. The highest BCUT2D eigenvalue weighted by molar-refractivity contribution is 5.82. The van der Waals surface area contributed by atoms with Gasteiger partial charge >= 0.3 is 0 Å². The normalized spacial score (nSPS) is 20.7. The summed E-state index contributed by atoms with van der Waals surface area (Å²) in [6, 6.07) is 19.5. The van der Waals surface area contributed by atoms with Crippen LogP contribution in [0.2, 0.25) is 0 Å². The summed E-state index contributed by atoms with van der Waals surface area (Å²) in [7, 11) is 0. The van der Waals surface area contributed by atoms with E-state index in [1.807, 2.05) is 0 Å². The van der Waals surface area contributed by atoms with E-state index in [0.717, 1.165) is 24.7 Å². The van der Waals surface area contributed by atoms with Gasteiger partial charge in [-0.2, -0.15) is 0 Å². The standard InChI is InChI=1S/C24H28O2/c1-2-23(18-8-6-7-9-18)24(19-10-4-3-5-11-19)20-12-14-21(15-13-20)25-16-22-17-26-22/h3-5,10-15,18,22H,2,6-9,16-17H2,1H3. The Balaban J connectivity index is 1.67. The third-order valence-corrected chi connectivity index (χ3v) is 5.59. The summed E-state index contributed by atoms with van der Waals surface area (Å²) < 4.78 is 11.0. The highest BCUT2D eigenvalue weighted by Gasteiger charge is 2.24. The molecule has 1 saturated heterocycles. The average molecular weight is 348 g/mol. The van der Waals surface area contributed by atoms with E-state index >= 15 is 0 Å². The monoisotopic (exact) mass is 348 g/mol. The van der Waals surface area contributed by atoms with E-state index < -0.39 is 0 Å². The maximum Gasteiger partial charge on any atom is 0.119 e. The molecule has 1 saturated carbocycles. The molecule has 2 fully saturated rings. The van der Waals surface area contributed by atoms with Gasteiger partial charge in [-0.25, -0.2) is 0 Å². The van der Waals surface area contributed by atoms with Crippen molar-refractivity contribution in [1.29, 1.82) is 0 Å². The third kappa shape index (κ3) is 4.02. The minimum Gasteiger partial charge on any atom is -0.491 e. The number of ether oxygens (including phenoxy) is 2. The van der Waals surface area contributed by atoms with E-state index in [9.17, 15) is 0 Å². The molecular weight excluding hydrogens is 320 g/mol. The summed E-state index contributed by atoms with van der Waals surface area (Å²) in [5, 5.41) is 0. The van der Waals surface area contributed by atoms with Gasteiger partial charge in [-0.05, 0) is 54.0 Å². The molecule has 2 aromatic carbocycles. The van der Waals surface area contributed by atoms with Crippen LogP contribution in [-0.4, -0.2) is 19.3 Å². The Bertz CT molecular complexity index is 736. The van der Waals surface area contributed by atoms with Crippen molar-refractivity contribution < 1.29 is 9.47 Å². The largest absolute Gasteiger partial charge is 0.491 e. The van der Waals surface area contributed by atoms with Gasteiger partial charge in [-0.3, -0.25) is 0 Å². The van der Waals surface area contributed by atoms with Gasteiger partial charge in [0.25, 0.3) is 0 Å². The van der Waals surface area contributed by atoms with E-state index in [1.165, 1.54) is 42.4 Å². The molecule has 0 radical (unpaired) electrons. The van der Waals surface area contributed by atoms with Crippen LogP contribution in [0.4, 0.5) is 0 Å². The van der Waals surface area contributed by atoms with E-state index in [-0.39, 0.29) is 0 Å². The number of rotatable bonds is 7. The molecule has 1 aliphatic heterocycles. The quantitative estimate of drug-likeness (QED) is 0.584. The van der Waals surface area contributed by atoms with Gasteiger partial charge in [0.2, 0.25) is 0 Å². The molecule has 26 heavy (non-hydrogen) atoms. The lowest BCUT2D eigenvalue weighted by Gasteiger charge is -2.21. The lowest BCUT2D eigenvalue weighted by atomic mass is 9.84. The van der Waals surface area contributed by atoms with Crippen molar-refractivity contribution in [1.82, 2.24) is 0 Å². The molecule has 0 aromatic heterocycles. The predicted molar refractivity (Wildman–Crippen MR) is 106 cm³/mol. The minimum absolute atomic E-state index is 0.295. The van der Waals surface area contributed by atoms with E-state index in [4.69, 9.17) is 9.47 Å². The summed E-state index contributed by atoms with van der Waals surface area (Å²) in [6.45, 7) is 3.80. The predicted octanol–water partition coefficient (Wildman–Crippen LogP) is 5.87. The second-order valence-electron chi connectivity index (χ2n) is 7.39. The van der Waals surface area contributed by atoms with Crippen LogP contribution in [0.5, 0.6) is 5.75 Å². The fourth-order valence-corrected chi connectivity index (χ4v) is 4.16. The van der Waals surface area contributed by atoms with Crippen molar-refractivity contribution in [2.75, 3.05) is 13.2 Å². The molecule has 0 amide bonds. The molecule has 1 heterocycles. The van der Waals surface area contributed by atoms with Gasteiger partial charge in [0.1, 0.15) is 18.5 Å². The average Bonchev–Trinajstić information content (AvgIpc) is 3.37. The molecule has 0 bridgehead atoms. The summed E-state index contributed by atoms with van der Waals surface area (Å²) in [4.78, 5) is 0. The van der Waals surface area contributed by atoms with Crippen molar-refractivity contribution in [3.05, 3.63) is 71.3 Å². The Labute approximate surface area is 156 Å². The molecule has 2 aromatic rings. The molecule has 4 rings (SSSR count). The highest BCUT2D eigenvalue weighted by atomic mass is 16.6. The number of benzene rings is 2. The molecule has 1 atom stereocenters. The van der Waals surface area contributed by atoms with Gasteiger partial charge in [-0.1, -0.05) is 67.8 Å². The zero-order chi connectivity index (χ0) is 17.8. The van der Waals surface area contributed by atoms with Crippen molar-refractivity contribution >= 4 is 5.57 Å². The molecule has 2 nitrogen and oxygen atoms in total. The fraction of sp³-hybridized carbons (Fsp3) is 0.417. The zero-order valence-electron chi connectivity index (χ0n) is 15.6. The Morgan fingerprint density at radius 2 is 1.62 bits per heavy atom. The molecular formula is C24H28O2. The SMILES string of the molecule is CCC(=C(c1ccccc1)c1ccc(OCC2CO2)cc1)C1CCCC1. The van der Waals surface area contributed by atoms with E-state index in [1.54, 1.807) is 5.57 Å². The number of hydrogen-bond donors (Lipinski definition) is 0. The number of allylic oxidation sites excluding steroid dienone is 1. The lowest BCUT2D eigenvalue weighted by Crippen LogP contribution is -2.05. The van der Waals surface area contributed by atoms with Crippen LogP contribution in [0.3, 0.4) is 0 Å². The number of hydrogen-bond acceptors (Lipinski definition) is 2. The Morgan fingerprint density at radius 1 is 0.962 bits per heavy atom. The van der Waals surface area contributed by atoms with Crippen LogP contribution >= 0.6 is 0 Å². The Kier molecular flexibility index (Phi) is 5.40. The molecule has 2 heteroatoms. The summed E-state index contributed by atoms with van der Waals surface area (Å²) in [5.74, 6) is 1.66. The van der Waals surface area contributed by atoms with Crippen molar-refractivity contribution in [3.8, 4) is 5.75 Å². The van der Waals surface area contributed by atoms with E-state index in [0.29, 0.717) is 12.7 Å². The maximum atomic E-state index is 5.82. The second-order valence-corrected chi connectivity index (χ2v) is 7.39. The zero-order valence-corrected chi connectivity index (χ0v) is 15.6.